The number of nitrogens with zero attached hydrogens (tertiary/aromatic N) is 1. The number of hydrogen-bond acceptors (Lipinski definition) is 4. The minimum atomic E-state index is -0.528. The van der Waals surface area contributed by atoms with E-state index in [1.54, 1.807) is 0 Å². The summed E-state index contributed by atoms with van der Waals surface area (Å²) in [5, 5.41) is 10.4. The summed E-state index contributed by atoms with van der Waals surface area (Å²) in [7, 11) is 0. The molecule has 0 bridgehead atoms. The van der Waals surface area contributed by atoms with Gasteiger partial charge in [-0.05, 0) is 43.2 Å². The van der Waals surface area contributed by atoms with Crippen LogP contribution in [-0.4, -0.2) is 49.0 Å². The average molecular weight is 420 g/mol. The Balaban J connectivity index is 1.50. The van der Waals surface area contributed by atoms with Crippen molar-refractivity contribution in [2.75, 3.05) is 32.8 Å². The zero-order valence-electron chi connectivity index (χ0n) is 15.3. The lowest BCUT2D eigenvalue weighted by Gasteiger charge is -2.34. The van der Waals surface area contributed by atoms with Gasteiger partial charge in [0.1, 0.15) is 18.5 Å². The van der Waals surface area contributed by atoms with E-state index in [1.807, 2.05) is 31.2 Å². The predicted octanol–water partition coefficient (Wildman–Crippen LogP) is 3.88. The van der Waals surface area contributed by atoms with E-state index in [0.717, 1.165) is 28.9 Å². The highest BCUT2D eigenvalue weighted by atomic mass is 79.9. The van der Waals surface area contributed by atoms with Crippen LogP contribution in [0.3, 0.4) is 0 Å². The summed E-state index contributed by atoms with van der Waals surface area (Å²) >= 11 is 3.46. The van der Waals surface area contributed by atoms with Crippen molar-refractivity contribution in [3.63, 3.8) is 0 Å². The predicted molar refractivity (Wildman–Crippen MR) is 107 cm³/mol. The Bertz CT molecular complexity index is 720. The summed E-state index contributed by atoms with van der Waals surface area (Å²) in [4.78, 5) is 2.24. The summed E-state index contributed by atoms with van der Waals surface area (Å²) in [6.45, 7) is 7.25. The Kier molecular flexibility index (Phi) is 6.70. The van der Waals surface area contributed by atoms with Crippen LogP contribution in [0, 0.1) is 13.8 Å². The molecule has 2 unspecified atom stereocenters. The number of rotatable bonds is 6. The molecule has 0 aromatic heterocycles. The number of hydrogen-bond donors (Lipinski definition) is 1. The highest BCUT2D eigenvalue weighted by Gasteiger charge is 2.23. The fourth-order valence-electron chi connectivity index (χ4n) is 3.25. The first-order valence-electron chi connectivity index (χ1n) is 8.99. The van der Waals surface area contributed by atoms with Gasteiger partial charge in [0.05, 0.1) is 12.7 Å². The van der Waals surface area contributed by atoms with E-state index in [-0.39, 0.29) is 6.10 Å². The van der Waals surface area contributed by atoms with Gasteiger partial charge in [0, 0.05) is 24.1 Å². The lowest BCUT2D eigenvalue weighted by atomic mass is 10.1. The molecule has 1 heterocycles. The number of ether oxygens (including phenoxy) is 2. The molecule has 0 radical (unpaired) electrons. The van der Waals surface area contributed by atoms with E-state index in [2.05, 4.69) is 46.0 Å². The monoisotopic (exact) mass is 419 g/mol. The molecule has 2 atom stereocenters. The van der Waals surface area contributed by atoms with Crippen LogP contribution >= 0.6 is 15.9 Å². The lowest BCUT2D eigenvalue weighted by molar-refractivity contribution is -0.0459. The molecular weight excluding hydrogens is 394 g/mol. The maximum absolute atomic E-state index is 10.4. The molecular formula is C21H26BrNO3. The topological polar surface area (TPSA) is 41.9 Å². The summed E-state index contributed by atoms with van der Waals surface area (Å²) < 4.78 is 12.8. The molecule has 0 saturated carbocycles. The molecule has 26 heavy (non-hydrogen) atoms. The van der Waals surface area contributed by atoms with Crippen LogP contribution in [0.1, 0.15) is 22.8 Å². The van der Waals surface area contributed by atoms with Crippen LogP contribution in [0.2, 0.25) is 0 Å². The number of β-amino-alcohol motifs (C(OH)–C–C–N with tert-alkyl or cyclic N) is 1. The van der Waals surface area contributed by atoms with E-state index in [9.17, 15) is 5.11 Å². The molecule has 2 aromatic carbocycles. The first-order chi connectivity index (χ1) is 12.5. The minimum Gasteiger partial charge on any atom is -0.491 e. The number of aryl methyl sites for hydroxylation is 2. The Labute approximate surface area is 163 Å². The maximum atomic E-state index is 10.4. The Morgan fingerprint density at radius 1 is 1.23 bits per heavy atom. The second kappa shape index (κ2) is 9.00. The van der Waals surface area contributed by atoms with Crippen molar-refractivity contribution in [3.05, 3.63) is 63.6 Å². The van der Waals surface area contributed by atoms with E-state index in [0.29, 0.717) is 19.8 Å². The van der Waals surface area contributed by atoms with E-state index < -0.39 is 6.10 Å². The van der Waals surface area contributed by atoms with Gasteiger partial charge >= 0.3 is 0 Å². The Morgan fingerprint density at radius 2 is 2.00 bits per heavy atom. The van der Waals surface area contributed by atoms with Gasteiger partial charge < -0.3 is 14.6 Å². The SMILES string of the molecule is Cc1ccc(OCC(O)CN2CCOC(c3ccc(Br)cc3)C2)c(C)c1. The standard InChI is InChI=1S/C21H26BrNO3/c1-15-3-8-20(16(2)11-15)26-14-19(24)12-23-9-10-25-21(13-23)17-4-6-18(22)7-5-17/h3-8,11,19,21,24H,9-10,12-14H2,1-2H3. The summed E-state index contributed by atoms with van der Waals surface area (Å²) in [5.74, 6) is 0.837. The second-order valence-corrected chi connectivity index (χ2v) is 7.82. The van der Waals surface area contributed by atoms with E-state index >= 15 is 0 Å². The summed E-state index contributed by atoms with van der Waals surface area (Å²) in [5.41, 5.74) is 3.47. The fourth-order valence-corrected chi connectivity index (χ4v) is 3.51. The van der Waals surface area contributed by atoms with Crippen molar-refractivity contribution in [1.82, 2.24) is 4.90 Å². The molecule has 3 rings (SSSR count). The van der Waals surface area contributed by atoms with E-state index in [4.69, 9.17) is 9.47 Å². The quantitative estimate of drug-likeness (QED) is 0.771. The van der Waals surface area contributed by atoms with Crippen LogP contribution < -0.4 is 4.74 Å². The molecule has 4 nitrogen and oxygen atoms in total. The van der Waals surface area contributed by atoms with Crippen LogP contribution in [0.15, 0.2) is 46.9 Å². The van der Waals surface area contributed by atoms with Crippen LogP contribution in [-0.2, 0) is 4.74 Å². The smallest absolute Gasteiger partial charge is 0.122 e. The number of benzene rings is 2. The molecule has 1 N–H and O–H groups in total. The molecule has 1 aliphatic heterocycles. The van der Waals surface area contributed by atoms with Crippen molar-refractivity contribution < 1.29 is 14.6 Å². The Hall–Kier alpha value is -1.40. The number of aliphatic hydroxyl groups is 1. The molecule has 0 spiro atoms. The molecule has 0 aliphatic carbocycles. The van der Waals surface area contributed by atoms with Crippen molar-refractivity contribution in [2.24, 2.45) is 0 Å². The zero-order valence-corrected chi connectivity index (χ0v) is 16.9. The molecule has 1 aliphatic rings. The third kappa shape index (κ3) is 5.30. The number of halogens is 1. The van der Waals surface area contributed by atoms with Crippen molar-refractivity contribution in [1.29, 1.82) is 0 Å². The third-order valence-electron chi connectivity index (χ3n) is 4.62. The Morgan fingerprint density at radius 3 is 2.73 bits per heavy atom. The normalized spacial score (nSPS) is 19.3. The minimum absolute atomic E-state index is 0.0457. The molecule has 140 valence electrons. The van der Waals surface area contributed by atoms with Crippen LogP contribution in [0.4, 0.5) is 0 Å². The van der Waals surface area contributed by atoms with Crippen molar-refractivity contribution in [3.8, 4) is 5.75 Å². The highest BCUT2D eigenvalue weighted by molar-refractivity contribution is 9.10. The molecule has 5 heteroatoms. The van der Waals surface area contributed by atoms with Gasteiger partial charge in [0.2, 0.25) is 0 Å². The van der Waals surface area contributed by atoms with Crippen LogP contribution in [0.5, 0.6) is 5.75 Å². The summed E-state index contributed by atoms with van der Waals surface area (Å²) in [6, 6.07) is 14.3. The van der Waals surface area contributed by atoms with Gasteiger partial charge in [-0.15, -0.1) is 0 Å². The van der Waals surface area contributed by atoms with Gasteiger partial charge in [0.15, 0.2) is 0 Å². The summed E-state index contributed by atoms with van der Waals surface area (Å²) in [6.07, 6.45) is -0.483. The maximum Gasteiger partial charge on any atom is 0.122 e. The van der Waals surface area contributed by atoms with Gasteiger partial charge in [-0.3, -0.25) is 4.90 Å². The third-order valence-corrected chi connectivity index (χ3v) is 5.15. The van der Waals surface area contributed by atoms with E-state index in [1.165, 1.54) is 11.1 Å². The first kappa shape index (κ1) is 19.4. The second-order valence-electron chi connectivity index (χ2n) is 6.90. The molecule has 0 amide bonds. The van der Waals surface area contributed by atoms with Crippen LogP contribution in [0.25, 0.3) is 0 Å². The molecule has 1 saturated heterocycles. The zero-order chi connectivity index (χ0) is 18.5. The first-order valence-corrected chi connectivity index (χ1v) is 9.78. The van der Waals surface area contributed by atoms with Gasteiger partial charge in [-0.25, -0.2) is 0 Å². The van der Waals surface area contributed by atoms with Crippen molar-refractivity contribution in [2.45, 2.75) is 26.1 Å². The molecule has 1 fully saturated rings. The van der Waals surface area contributed by atoms with Gasteiger partial charge in [-0.1, -0.05) is 45.8 Å². The number of morpholine rings is 1. The molecule has 2 aromatic rings. The fraction of sp³-hybridized carbons (Fsp3) is 0.429. The van der Waals surface area contributed by atoms with Gasteiger partial charge in [-0.2, -0.15) is 0 Å². The van der Waals surface area contributed by atoms with Gasteiger partial charge in [0.25, 0.3) is 0 Å². The number of aliphatic hydroxyl groups excluding tert-OH is 1. The van der Waals surface area contributed by atoms with Crippen molar-refractivity contribution >= 4 is 15.9 Å². The lowest BCUT2D eigenvalue weighted by Crippen LogP contribution is -2.43. The highest BCUT2D eigenvalue weighted by Crippen LogP contribution is 2.24. The largest absolute Gasteiger partial charge is 0.491 e. The average Bonchev–Trinajstić information content (AvgIpc) is 2.62.